The van der Waals surface area contributed by atoms with Crippen molar-refractivity contribution in [1.29, 1.82) is 0 Å². The van der Waals surface area contributed by atoms with Gasteiger partial charge in [0.2, 0.25) is 11.9 Å². The zero-order valence-corrected chi connectivity index (χ0v) is 12.9. The van der Waals surface area contributed by atoms with Crippen LogP contribution in [0.3, 0.4) is 0 Å². The number of benzene rings is 1. The molecule has 1 aromatic carbocycles. The third kappa shape index (κ3) is 3.08. The van der Waals surface area contributed by atoms with E-state index < -0.39 is 0 Å². The first-order valence-electron chi connectivity index (χ1n) is 6.85. The molecule has 7 heteroatoms. The van der Waals surface area contributed by atoms with Gasteiger partial charge in [-0.3, -0.25) is 5.43 Å². The van der Waals surface area contributed by atoms with Crippen molar-refractivity contribution < 1.29 is 0 Å². The quantitative estimate of drug-likeness (QED) is 0.659. The lowest BCUT2D eigenvalue weighted by Gasteiger charge is -2.12. The van der Waals surface area contributed by atoms with E-state index in [2.05, 4.69) is 38.6 Å². The predicted molar refractivity (Wildman–Crippen MR) is 84.6 cm³/mol. The monoisotopic (exact) mass is 302 g/mol. The summed E-state index contributed by atoms with van der Waals surface area (Å²) in [5.74, 6) is 6.38. The van der Waals surface area contributed by atoms with Crippen LogP contribution in [0.5, 0.6) is 0 Å². The minimum atomic E-state index is 0.373. The molecule has 2 aromatic rings. The van der Waals surface area contributed by atoms with Gasteiger partial charge in [0.1, 0.15) is 0 Å². The second-order valence-corrected chi connectivity index (χ2v) is 6.21. The molecule has 110 valence electrons. The molecule has 21 heavy (non-hydrogen) atoms. The molecule has 0 saturated heterocycles. The van der Waals surface area contributed by atoms with Crippen molar-refractivity contribution >= 4 is 23.7 Å². The molecule has 0 spiro atoms. The molecule has 1 aromatic heterocycles. The molecule has 0 unspecified atom stereocenters. The molecule has 1 aliphatic carbocycles. The summed E-state index contributed by atoms with van der Waals surface area (Å²) < 4.78 is 0. The highest BCUT2D eigenvalue weighted by atomic mass is 32.2. The number of nitrogen functional groups attached to an aromatic ring is 1. The lowest BCUT2D eigenvalue weighted by molar-refractivity contribution is 0.865. The predicted octanol–water partition coefficient (Wildman–Crippen LogP) is 1.86. The van der Waals surface area contributed by atoms with Gasteiger partial charge in [-0.2, -0.15) is 15.0 Å². The van der Waals surface area contributed by atoms with Crippen LogP contribution in [0.15, 0.2) is 28.3 Å². The summed E-state index contributed by atoms with van der Waals surface area (Å²) in [7, 11) is 3.78. The van der Waals surface area contributed by atoms with Crippen LogP contribution >= 0.6 is 11.8 Å². The molecule has 1 aliphatic rings. The molecule has 0 fully saturated rings. The fraction of sp³-hybridized carbons (Fsp3) is 0.357. The Morgan fingerprint density at radius 2 is 1.95 bits per heavy atom. The van der Waals surface area contributed by atoms with Gasteiger partial charge in [-0.25, -0.2) is 5.84 Å². The van der Waals surface area contributed by atoms with Gasteiger partial charge in [-0.05, 0) is 54.3 Å². The van der Waals surface area contributed by atoms with Crippen molar-refractivity contribution in [3.8, 4) is 0 Å². The first kappa shape index (κ1) is 14.1. The van der Waals surface area contributed by atoms with Crippen molar-refractivity contribution in [3.63, 3.8) is 0 Å². The van der Waals surface area contributed by atoms with Gasteiger partial charge in [0, 0.05) is 19.0 Å². The summed E-state index contributed by atoms with van der Waals surface area (Å²) in [6.07, 6.45) is 3.61. The SMILES string of the molecule is CN(C)c1nc(NN)nc(Sc2ccc3c(c2)CCC3)n1. The molecule has 0 radical (unpaired) electrons. The van der Waals surface area contributed by atoms with E-state index in [4.69, 9.17) is 5.84 Å². The number of nitrogens with zero attached hydrogens (tertiary/aromatic N) is 4. The van der Waals surface area contributed by atoms with Crippen molar-refractivity contribution in [1.82, 2.24) is 15.0 Å². The van der Waals surface area contributed by atoms with E-state index in [1.165, 1.54) is 42.2 Å². The fourth-order valence-electron chi connectivity index (χ4n) is 2.37. The molecule has 0 bridgehead atoms. The second-order valence-electron chi connectivity index (χ2n) is 5.17. The van der Waals surface area contributed by atoms with Crippen molar-refractivity contribution in [2.75, 3.05) is 24.4 Å². The smallest absolute Gasteiger partial charge is 0.242 e. The first-order chi connectivity index (χ1) is 10.2. The Morgan fingerprint density at radius 3 is 2.71 bits per heavy atom. The molecule has 1 heterocycles. The lowest BCUT2D eigenvalue weighted by atomic mass is 10.1. The van der Waals surface area contributed by atoms with Gasteiger partial charge in [0.15, 0.2) is 5.16 Å². The van der Waals surface area contributed by atoms with Crippen LogP contribution in [-0.4, -0.2) is 29.0 Å². The number of hydrogen-bond acceptors (Lipinski definition) is 7. The lowest BCUT2D eigenvalue weighted by Crippen LogP contribution is -2.17. The molecular formula is C14H18N6S. The van der Waals surface area contributed by atoms with Crippen LogP contribution in [0.2, 0.25) is 0 Å². The normalized spacial score (nSPS) is 13.1. The third-order valence-electron chi connectivity index (χ3n) is 3.41. The third-order valence-corrected chi connectivity index (χ3v) is 4.27. The van der Waals surface area contributed by atoms with E-state index >= 15 is 0 Å². The Kier molecular flexibility index (Phi) is 3.94. The van der Waals surface area contributed by atoms with E-state index in [9.17, 15) is 0 Å². The number of aryl methyl sites for hydroxylation is 2. The van der Waals surface area contributed by atoms with E-state index in [0.29, 0.717) is 17.1 Å². The molecule has 0 aliphatic heterocycles. The Hall–Kier alpha value is -1.86. The number of hydrazine groups is 1. The number of rotatable bonds is 4. The summed E-state index contributed by atoms with van der Waals surface area (Å²) in [5.41, 5.74) is 5.40. The zero-order valence-electron chi connectivity index (χ0n) is 12.1. The standard InChI is InChI=1S/C14H18N6S/c1-20(2)13-16-12(19-15)17-14(18-13)21-11-7-6-9-4-3-5-10(9)8-11/h6-8H,3-5,15H2,1-2H3,(H,16,17,18,19). The average molecular weight is 302 g/mol. The highest BCUT2D eigenvalue weighted by Crippen LogP contribution is 2.31. The number of fused-ring (bicyclic) bond motifs is 1. The zero-order chi connectivity index (χ0) is 14.8. The van der Waals surface area contributed by atoms with E-state index in [0.717, 1.165) is 4.90 Å². The van der Waals surface area contributed by atoms with Gasteiger partial charge in [0.25, 0.3) is 0 Å². The maximum Gasteiger partial charge on any atom is 0.242 e. The maximum atomic E-state index is 5.42. The Labute approximate surface area is 128 Å². The van der Waals surface area contributed by atoms with E-state index in [1.54, 1.807) is 0 Å². The summed E-state index contributed by atoms with van der Waals surface area (Å²) in [6.45, 7) is 0. The summed E-state index contributed by atoms with van der Waals surface area (Å²) in [6, 6.07) is 6.58. The molecular weight excluding hydrogens is 284 g/mol. The minimum absolute atomic E-state index is 0.373. The highest BCUT2D eigenvalue weighted by Gasteiger charge is 2.13. The summed E-state index contributed by atoms with van der Waals surface area (Å²) in [4.78, 5) is 15.9. The number of nitrogens with two attached hydrogens (primary N) is 1. The second kappa shape index (κ2) is 5.87. The van der Waals surface area contributed by atoms with Crippen molar-refractivity contribution in [3.05, 3.63) is 29.3 Å². The number of anilines is 2. The molecule has 0 saturated carbocycles. The summed E-state index contributed by atoms with van der Waals surface area (Å²) in [5, 5.41) is 0.639. The van der Waals surface area contributed by atoms with Crippen molar-refractivity contribution in [2.45, 2.75) is 29.3 Å². The molecule has 0 atom stereocenters. The van der Waals surface area contributed by atoms with Gasteiger partial charge in [-0.1, -0.05) is 6.07 Å². The van der Waals surface area contributed by atoms with Crippen LogP contribution < -0.4 is 16.2 Å². The first-order valence-corrected chi connectivity index (χ1v) is 7.67. The average Bonchev–Trinajstić information content (AvgIpc) is 2.94. The largest absolute Gasteiger partial charge is 0.347 e. The fourth-order valence-corrected chi connectivity index (χ4v) is 3.18. The van der Waals surface area contributed by atoms with Crippen LogP contribution in [0.4, 0.5) is 11.9 Å². The Bertz CT molecular complexity index is 658. The molecule has 3 N–H and O–H groups in total. The van der Waals surface area contributed by atoms with Gasteiger partial charge in [-0.15, -0.1) is 0 Å². The van der Waals surface area contributed by atoms with Gasteiger partial charge in [0.05, 0.1) is 0 Å². The minimum Gasteiger partial charge on any atom is -0.347 e. The molecule has 6 nitrogen and oxygen atoms in total. The van der Waals surface area contributed by atoms with Crippen LogP contribution in [0.25, 0.3) is 0 Å². The van der Waals surface area contributed by atoms with E-state index in [-0.39, 0.29) is 0 Å². The van der Waals surface area contributed by atoms with Crippen LogP contribution in [0.1, 0.15) is 17.5 Å². The molecule has 3 rings (SSSR count). The Morgan fingerprint density at radius 1 is 1.14 bits per heavy atom. The van der Waals surface area contributed by atoms with Crippen LogP contribution in [-0.2, 0) is 12.8 Å². The summed E-state index contributed by atoms with van der Waals surface area (Å²) >= 11 is 1.53. The number of hydrogen-bond donors (Lipinski definition) is 2. The van der Waals surface area contributed by atoms with Crippen molar-refractivity contribution in [2.24, 2.45) is 5.84 Å². The number of nitrogens with one attached hydrogen (secondary N) is 1. The van der Waals surface area contributed by atoms with Gasteiger partial charge < -0.3 is 4.90 Å². The number of aromatic nitrogens is 3. The topological polar surface area (TPSA) is 80.0 Å². The van der Waals surface area contributed by atoms with E-state index in [1.807, 2.05) is 19.0 Å². The van der Waals surface area contributed by atoms with Crippen LogP contribution in [0, 0.1) is 0 Å². The Balaban J connectivity index is 1.88. The maximum absolute atomic E-state index is 5.42. The highest BCUT2D eigenvalue weighted by molar-refractivity contribution is 7.99. The van der Waals surface area contributed by atoms with Gasteiger partial charge >= 0.3 is 0 Å². The molecule has 0 amide bonds.